The molecule has 3 rings (SSSR count). The van der Waals surface area contributed by atoms with Crippen molar-refractivity contribution in [1.29, 1.82) is 0 Å². The van der Waals surface area contributed by atoms with Crippen molar-refractivity contribution in [2.24, 2.45) is 0 Å². The van der Waals surface area contributed by atoms with Crippen molar-refractivity contribution in [2.75, 3.05) is 11.9 Å². The van der Waals surface area contributed by atoms with Crippen molar-refractivity contribution in [3.05, 3.63) is 56.5 Å². The fourth-order valence-corrected chi connectivity index (χ4v) is 2.79. The van der Waals surface area contributed by atoms with E-state index in [2.05, 4.69) is 5.32 Å². The number of benzene rings is 2. The lowest BCUT2D eigenvalue weighted by Crippen LogP contribution is -2.24. The Hall–Kier alpha value is -1.23. The highest BCUT2D eigenvalue weighted by Gasteiger charge is 2.25. The minimum atomic E-state index is -0.591. The highest BCUT2D eigenvalue weighted by Crippen LogP contribution is 2.39. The van der Waals surface area contributed by atoms with Crippen LogP contribution in [-0.4, -0.2) is 6.54 Å². The minimum Gasteiger partial charge on any atom is -0.482 e. The lowest BCUT2D eigenvalue weighted by Gasteiger charge is -2.28. The van der Waals surface area contributed by atoms with Crippen molar-refractivity contribution in [3.63, 3.8) is 0 Å². The fraction of sp³-hybridized carbons (Fsp3) is 0.143. The summed E-state index contributed by atoms with van der Waals surface area (Å²) in [4.78, 5) is 0. The van der Waals surface area contributed by atoms with Crippen LogP contribution >= 0.6 is 34.8 Å². The summed E-state index contributed by atoms with van der Waals surface area (Å²) in [6.07, 6.45) is -0.558. The number of hydrogen-bond donors (Lipinski definition) is 1. The first kappa shape index (κ1) is 14.7. The maximum Gasteiger partial charge on any atom is 0.146 e. The summed E-state index contributed by atoms with van der Waals surface area (Å²) in [6.45, 7) is 0.343. The van der Waals surface area contributed by atoms with Gasteiger partial charge in [-0.15, -0.1) is 0 Å². The van der Waals surface area contributed by atoms with Crippen molar-refractivity contribution in [1.82, 2.24) is 0 Å². The van der Waals surface area contributed by atoms with Crippen molar-refractivity contribution in [2.45, 2.75) is 6.10 Å². The van der Waals surface area contributed by atoms with Crippen LogP contribution in [0.1, 0.15) is 11.7 Å². The standard InChI is InChI=1S/C14H8Cl3F2NO/c15-7-2-8(16)10(18)1-6(7)14-5-20-12-3-9(17)11(19)4-13(12)21-14/h1-4,14,20H,5H2. The van der Waals surface area contributed by atoms with E-state index in [1.165, 1.54) is 24.3 Å². The number of fused-ring (bicyclic) bond motifs is 1. The van der Waals surface area contributed by atoms with Gasteiger partial charge in [-0.05, 0) is 18.2 Å². The molecule has 1 unspecified atom stereocenters. The van der Waals surface area contributed by atoms with Crippen LogP contribution in [0.25, 0.3) is 0 Å². The lowest BCUT2D eigenvalue weighted by atomic mass is 10.1. The molecule has 0 spiro atoms. The number of hydrogen-bond acceptors (Lipinski definition) is 2. The highest BCUT2D eigenvalue weighted by atomic mass is 35.5. The quantitative estimate of drug-likeness (QED) is 0.689. The van der Waals surface area contributed by atoms with E-state index < -0.39 is 17.7 Å². The van der Waals surface area contributed by atoms with Gasteiger partial charge in [-0.3, -0.25) is 0 Å². The van der Waals surface area contributed by atoms with Crippen molar-refractivity contribution >= 4 is 40.5 Å². The second kappa shape index (κ2) is 5.52. The zero-order valence-electron chi connectivity index (χ0n) is 10.4. The Bertz CT molecular complexity index is 724. The average Bonchev–Trinajstić information content (AvgIpc) is 2.44. The maximum atomic E-state index is 13.6. The molecule has 0 amide bonds. The predicted octanol–water partition coefficient (Wildman–Crippen LogP) is 5.47. The van der Waals surface area contributed by atoms with Gasteiger partial charge in [-0.1, -0.05) is 34.8 Å². The fourth-order valence-electron chi connectivity index (χ4n) is 2.12. The van der Waals surface area contributed by atoms with Gasteiger partial charge in [0.1, 0.15) is 23.5 Å². The average molecular weight is 351 g/mol. The van der Waals surface area contributed by atoms with E-state index in [0.717, 1.165) is 0 Å². The Morgan fingerprint density at radius 1 is 0.952 bits per heavy atom. The molecule has 0 aliphatic carbocycles. The molecule has 2 nitrogen and oxygen atoms in total. The third kappa shape index (κ3) is 2.76. The topological polar surface area (TPSA) is 21.3 Å². The molecule has 1 aliphatic rings. The third-order valence-corrected chi connectivity index (χ3v) is 4.06. The van der Waals surface area contributed by atoms with E-state index >= 15 is 0 Å². The Morgan fingerprint density at radius 2 is 1.62 bits per heavy atom. The second-order valence-electron chi connectivity index (χ2n) is 4.54. The molecule has 21 heavy (non-hydrogen) atoms. The van der Waals surface area contributed by atoms with Gasteiger partial charge < -0.3 is 10.1 Å². The molecular weight excluding hydrogens is 343 g/mol. The van der Waals surface area contributed by atoms with Crippen molar-refractivity contribution < 1.29 is 13.5 Å². The van der Waals surface area contributed by atoms with E-state index in [1.54, 1.807) is 0 Å². The molecule has 1 heterocycles. The Kier molecular flexibility index (Phi) is 3.86. The smallest absolute Gasteiger partial charge is 0.146 e. The molecule has 0 bridgehead atoms. The lowest BCUT2D eigenvalue weighted by molar-refractivity contribution is 0.209. The molecule has 2 aromatic rings. The number of rotatable bonds is 1. The van der Waals surface area contributed by atoms with Gasteiger partial charge >= 0.3 is 0 Å². The molecular formula is C14H8Cl3F2NO. The van der Waals surface area contributed by atoms with Crippen molar-refractivity contribution in [3.8, 4) is 5.75 Å². The van der Waals surface area contributed by atoms with Crippen LogP contribution in [0.15, 0.2) is 24.3 Å². The second-order valence-corrected chi connectivity index (χ2v) is 5.76. The van der Waals surface area contributed by atoms with Gasteiger partial charge in [0.2, 0.25) is 0 Å². The van der Waals surface area contributed by atoms with Crippen LogP contribution in [0.2, 0.25) is 15.1 Å². The summed E-state index contributed by atoms with van der Waals surface area (Å²) in [6, 6.07) is 5.15. The van der Waals surface area contributed by atoms with Gasteiger partial charge in [0.05, 0.1) is 22.3 Å². The van der Waals surface area contributed by atoms with E-state index in [-0.39, 0.29) is 15.1 Å². The molecule has 0 fully saturated rings. The zero-order valence-corrected chi connectivity index (χ0v) is 12.7. The Labute approximate surface area is 134 Å². The summed E-state index contributed by atoms with van der Waals surface area (Å²) in [7, 11) is 0. The summed E-state index contributed by atoms with van der Waals surface area (Å²) in [5.41, 5.74) is 1.01. The minimum absolute atomic E-state index is 0.00105. The Morgan fingerprint density at radius 3 is 2.38 bits per heavy atom. The van der Waals surface area contributed by atoms with E-state index in [4.69, 9.17) is 39.5 Å². The Balaban J connectivity index is 1.96. The normalized spacial score (nSPS) is 16.9. The molecule has 1 atom stereocenters. The zero-order chi connectivity index (χ0) is 15.1. The molecule has 1 aliphatic heterocycles. The number of halogens is 5. The first-order chi connectivity index (χ1) is 9.95. The van der Waals surface area contributed by atoms with Gasteiger partial charge in [-0.25, -0.2) is 8.78 Å². The molecule has 0 saturated heterocycles. The number of nitrogens with one attached hydrogen (secondary N) is 1. The summed E-state index contributed by atoms with van der Waals surface area (Å²) in [5, 5.41) is 3.27. The van der Waals surface area contributed by atoms with E-state index in [9.17, 15) is 8.78 Å². The summed E-state index contributed by atoms with van der Waals surface area (Å²) in [5.74, 6) is -0.890. The predicted molar refractivity (Wildman–Crippen MR) is 79.7 cm³/mol. The summed E-state index contributed by atoms with van der Waals surface area (Å²) >= 11 is 17.4. The largest absolute Gasteiger partial charge is 0.482 e. The van der Waals surface area contributed by atoms with Crippen LogP contribution in [0.3, 0.4) is 0 Å². The van der Waals surface area contributed by atoms with E-state index in [1.807, 2.05) is 0 Å². The van der Waals surface area contributed by atoms with Gasteiger partial charge in [-0.2, -0.15) is 0 Å². The van der Waals surface area contributed by atoms with Gasteiger partial charge in [0, 0.05) is 16.7 Å². The van der Waals surface area contributed by atoms with Crippen LogP contribution in [-0.2, 0) is 0 Å². The monoisotopic (exact) mass is 349 g/mol. The van der Waals surface area contributed by atoms with Crippen LogP contribution in [0, 0.1) is 11.6 Å². The highest BCUT2D eigenvalue weighted by molar-refractivity contribution is 6.35. The summed E-state index contributed by atoms with van der Waals surface area (Å²) < 4.78 is 32.7. The number of anilines is 1. The van der Waals surface area contributed by atoms with Gasteiger partial charge in [0.15, 0.2) is 0 Å². The first-order valence-electron chi connectivity index (χ1n) is 5.99. The molecule has 2 aromatic carbocycles. The molecule has 0 saturated carbocycles. The van der Waals surface area contributed by atoms with Gasteiger partial charge in [0.25, 0.3) is 0 Å². The van der Waals surface area contributed by atoms with E-state index in [0.29, 0.717) is 23.5 Å². The third-order valence-electron chi connectivity index (χ3n) is 3.16. The molecule has 0 radical (unpaired) electrons. The maximum absolute atomic E-state index is 13.6. The number of ether oxygens (including phenoxy) is 1. The van der Waals surface area contributed by atoms with Crippen LogP contribution in [0.4, 0.5) is 14.5 Å². The van der Waals surface area contributed by atoms with Crippen LogP contribution < -0.4 is 10.1 Å². The molecule has 110 valence electrons. The molecule has 0 aromatic heterocycles. The van der Waals surface area contributed by atoms with Crippen LogP contribution in [0.5, 0.6) is 5.75 Å². The SMILES string of the molecule is Fc1cc(C2CNc3cc(Cl)c(F)cc3O2)c(Cl)cc1Cl. The molecule has 7 heteroatoms. The first-order valence-corrected chi connectivity index (χ1v) is 7.13. The molecule has 1 N–H and O–H groups in total.